The van der Waals surface area contributed by atoms with Gasteiger partial charge in [0.1, 0.15) is 10.6 Å². The number of aryl methyl sites for hydroxylation is 1. The fourth-order valence-corrected chi connectivity index (χ4v) is 3.33. The lowest BCUT2D eigenvalue weighted by Gasteiger charge is -2.18. The summed E-state index contributed by atoms with van der Waals surface area (Å²) in [6.07, 6.45) is -1.05. The first kappa shape index (κ1) is 20.6. The van der Waals surface area contributed by atoms with Gasteiger partial charge in [-0.25, -0.2) is 4.79 Å². The van der Waals surface area contributed by atoms with Crippen LogP contribution in [0.2, 0.25) is 0 Å². The van der Waals surface area contributed by atoms with E-state index in [2.05, 4.69) is 5.32 Å². The number of hydrogen-bond donors (Lipinski definition) is 1. The molecule has 1 amide bonds. The maximum atomic E-state index is 12.9. The molecule has 0 unspecified atom stereocenters. The van der Waals surface area contributed by atoms with E-state index in [1.165, 1.54) is 11.3 Å². The van der Waals surface area contributed by atoms with Gasteiger partial charge in [-0.15, -0.1) is 11.3 Å². The van der Waals surface area contributed by atoms with Crippen LogP contribution in [0.25, 0.3) is 0 Å². The Kier molecular flexibility index (Phi) is 7.03. The highest BCUT2D eigenvalue weighted by Crippen LogP contribution is 2.24. The number of amides is 1. The molecule has 3 rings (SSSR count). The number of rotatable bonds is 8. The third kappa shape index (κ3) is 5.68. The van der Waals surface area contributed by atoms with Crippen molar-refractivity contribution >= 4 is 23.2 Å². The van der Waals surface area contributed by atoms with Crippen molar-refractivity contribution in [3.8, 4) is 5.75 Å². The molecule has 0 saturated heterocycles. The maximum Gasteiger partial charge on any atom is 0.349 e. The third-order valence-corrected chi connectivity index (χ3v) is 5.12. The van der Waals surface area contributed by atoms with Gasteiger partial charge in [0.15, 0.2) is 0 Å². The molecule has 2 aromatic carbocycles. The second-order valence-electron chi connectivity index (χ2n) is 6.47. The average Bonchev–Trinajstić information content (AvgIpc) is 3.27. The van der Waals surface area contributed by atoms with E-state index >= 15 is 0 Å². The molecule has 1 atom stereocenters. The molecule has 1 N–H and O–H groups in total. The smallest absolute Gasteiger partial charge is 0.349 e. The van der Waals surface area contributed by atoms with Crippen molar-refractivity contribution < 1.29 is 19.1 Å². The zero-order chi connectivity index (χ0) is 20.6. The summed E-state index contributed by atoms with van der Waals surface area (Å²) in [6.45, 7) is 4.81. The topological polar surface area (TPSA) is 64.6 Å². The van der Waals surface area contributed by atoms with Crippen LogP contribution in [0.3, 0.4) is 0 Å². The normalized spacial score (nSPS) is 11.5. The zero-order valence-electron chi connectivity index (χ0n) is 16.4. The summed E-state index contributed by atoms with van der Waals surface area (Å²) in [5.41, 5.74) is 2.70. The van der Waals surface area contributed by atoms with E-state index in [0.29, 0.717) is 29.3 Å². The van der Waals surface area contributed by atoms with Gasteiger partial charge in [-0.2, -0.15) is 0 Å². The van der Waals surface area contributed by atoms with Gasteiger partial charge in [0.25, 0.3) is 5.91 Å². The van der Waals surface area contributed by atoms with E-state index < -0.39 is 12.1 Å². The van der Waals surface area contributed by atoms with E-state index in [4.69, 9.17) is 9.47 Å². The average molecular weight is 410 g/mol. The number of carbonyl (C=O) groups is 2. The lowest BCUT2D eigenvalue weighted by Crippen LogP contribution is -2.31. The molecular formula is C23H23NO4S. The molecule has 29 heavy (non-hydrogen) atoms. The van der Waals surface area contributed by atoms with Crippen LogP contribution in [0, 0.1) is 6.92 Å². The van der Waals surface area contributed by atoms with Crippen molar-refractivity contribution in [1.29, 1.82) is 0 Å². The van der Waals surface area contributed by atoms with Crippen LogP contribution in [0.4, 0.5) is 0 Å². The van der Waals surface area contributed by atoms with Crippen LogP contribution in [0.15, 0.2) is 66.0 Å². The maximum absolute atomic E-state index is 12.9. The summed E-state index contributed by atoms with van der Waals surface area (Å²) in [5.74, 6) is -0.205. The van der Waals surface area contributed by atoms with Gasteiger partial charge in [0.05, 0.1) is 6.61 Å². The van der Waals surface area contributed by atoms with Crippen LogP contribution in [-0.4, -0.2) is 18.5 Å². The van der Waals surface area contributed by atoms with E-state index in [9.17, 15) is 9.59 Å². The second kappa shape index (κ2) is 9.89. The zero-order valence-corrected chi connectivity index (χ0v) is 17.2. The first-order chi connectivity index (χ1) is 14.1. The van der Waals surface area contributed by atoms with E-state index in [1.54, 1.807) is 41.8 Å². The number of nitrogens with one attached hydrogen (secondary N) is 1. The quantitative estimate of drug-likeness (QED) is 0.549. The van der Waals surface area contributed by atoms with Crippen molar-refractivity contribution in [2.24, 2.45) is 0 Å². The Morgan fingerprint density at radius 1 is 1.03 bits per heavy atom. The number of thiophene rings is 1. The highest BCUT2D eigenvalue weighted by atomic mass is 32.1. The van der Waals surface area contributed by atoms with E-state index in [-0.39, 0.29) is 5.91 Å². The predicted octanol–water partition coefficient (Wildman–Crippen LogP) is 4.67. The summed E-state index contributed by atoms with van der Waals surface area (Å²) >= 11 is 1.27. The largest absolute Gasteiger partial charge is 0.494 e. The Morgan fingerprint density at radius 3 is 2.38 bits per heavy atom. The molecule has 0 fully saturated rings. The fraction of sp³-hybridized carbons (Fsp3) is 0.217. The Balaban J connectivity index is 1.76. The first-order valence-electron chi connectivity index (χ1n) is 9.37. The van der Waals surface area contributed by atoms with Crippen LogP contribution < -0.4 is 10.1 Å². The summed E-state index contributed by atoms with van der Waals surface area (Å²) < 4.78 is 11.0. The van der Waals surface area contributed by atoms with Gasteiger partial charge < -0.3 is 14.8 Å². The lowest BCUT2D eigenvalue weighted by molar-refractivity contribution is -0.130. The lowest BCUT2D eigenvalue weighted by atomic mass is 10.1. The van der Waals surface area contributed by atoms with Gasteiger partial charge >= 0.3 is 5.97 Å². The van der Waals surface area contributed by atoms with Gasteiger partial charge in [-0.3, -0.25) is 4.79 Å². The molecule has 0 aliphatic carbocycles. The predicted molar refractivity (Wildman–Crippen MR) is 113 cm³/mol. The van der Waals surface area contributed by atoms with Gasteiger partial charge in [-0.1, -0.05) is 48.0 Å². The standard InChI is InChI=1S/C23H23NO4S/c1-3-27-19-12-10-18(11-13-19)21(28-23(26)20-5-4-14-29-20)22(25)24-15-17-8-6-16(2)7-9-17/h4-14,21H,3,15H2,1-2H3,(H,24,25)/t21-/m1/s1. The second-order valence-corrected chi connectivity index (χ2v) is 7.42. The minimum absolute atomic E-state index is 0.350. The molecular weight excluding hydrogens is 386 g/mol. The number of esters is 1. The van der Waals surface area contributed by atoms with Crippen LogP contribution in [-0.2, 0) is 16.1 Å². The Hall–Kier alpha value is -3.12. The Labute approximate surface area is 174 Å². The molecule has 3 aromatic rings. The SMILES string of the molecule is CCOc1ccc([C@@H](OC(=O)c2cccs2)C(=O)NCc2ccc(C)cc2)cc1. The fourth-order valence-electron chi connectivity index (χ4n) is 2.73. The highest BCUT2D eigenvalue weighted by molar-refractivity contribution is 7.11. The molecule has 150 valence electrons. The van der Waals surface area contributed by atoms with Crippen molar-refractivity contribution in [2.45, 2.75) is 26.5 Å². The summed E-state index contributed by atoms with van der Waals surface area (Å²) in [6, 6.07) is 18.3. The summed E-state index contributed by atoms with van der Waals surface area (Å²) in [4.78, 5) is 25.8. The molecule has 6 heteroatoms. The molecule has 0 radical (unpaired) electrons. The van der Waals surface area contributed by atoms with Crippen molar-refractivity contribution in [2.75, 3.05) is 6.61 Å². The molecule has 0 aliphatic heterocycles. The van der Waals surface area contributed by atoms with Crippen molar-refractivity contribution in [3.63, 3.8) is 0 Å². The van der Waals surface area contributed by atoms with Crippen molar-refractivity contribution in [1.82, 2.24) is 5.32 Å². The first-order valence-corrected chi connectivity index (χ1v) is 10.2. The highest BCUT2D eigenvalue weighted by Gasteiger charge is 2.26. The molecule has 0 aliphatic rings. The molecule has 1 heterocycles. The van der Waals surface area contributed by atoms with Crippen LogP contribution in [0.1, 0.15) is 39.4 Å². The van der Waals surface area contributed by atoms with Crippen molar-refractivity contribution in [3.05, 3.63) is 87.6 Å². The van der Waals surface area contributed by atoms with Gasteiger partial charge in [-0.05, 0) is 43.0 Å². The van der Waals surface area contributed by atoms with Crippen LogP contribution >= 0.6 is 11.3 Å². The number of benzene rings is 2. The van der Waals surface area contributed by atoms with E-state index in [0.717, 1.165) is 11.1 Å². The molecule has 1 aromatic heterocycles. The summed E-state index contributed by atoms with van der Waals surface area (Å²) in [7, 11) is 0. The molecule has 0 bridgehead atoms. The Morgan fingerprint density at radius 2 is 1.76 bits per heavy atom. The van der Waals surface area contributed by atoms with Gasteiger partial charge in [0.2, 0.25) is 6.10 Å². The molecule has 0 spiro atoms. The van der Waals surface area contributed by atoms with E-state index in [1.807, 2.05) is 38.1 Å². The minimum atomic E-state index is -1.05. The molecule has 0 saturated carbocycles. The monoisotopic (exact) mass is 409 g/mol. The number of hydrogen-bond acceptors (Lipinski definition) is 5. The van der Waals surface area contributed by atoms with Crippen LogP contribution in [0.5, 0.6) is 5.75 Å². The van der Waals surface area contributed by atoms with Gasteiger partial charge in [0, 0.05) is 12.1 Å². The molecule has 5 nitrogen and oxygen atoms in total. The number of ether oxygens (including phenoxy) is 2. The summed E-state index contributed by atoms with van der Waals surface area (Å²) in [5, 5.41) is 4.66. The third-order valence-electron chi connectivity index (χ3n) is 4.27. The Bertz CT molecular complexity index is 934. The number of carbonyl (C=O) groups excluding carboxylic acids is 2. The minimum Gasteiger partial charge on any atom is -0.494 e.